The second-order valence-electron chi connectivity index (χ2n) is 10.5. The summed E-state index contributed by atoms with van der Waals surface area (Å²) in [5, 5.41) is 0. The van der Waals surface area contributed by atoms with Gasteiger partial charge in [0.15, 0.2) is 0 Å². The highest BCUT2D eigenvalue weighted by Gasteiger charge is 2.45. The van der Waals surface area contributed by atoms with Crippen LogP contribution in [0, 0.1) is 19.3 Å². The van der Waals surface area contributed by atoms with Gasteiger partial charge in [-0.1, -0.05) is 23.8 Å². The molecule has 9 nitrogen and oxygen atoms in total. The Morgan fingerprint density at radius 3 is 2.68 bits per heavy atom. The third-order valence-electron chi connectivity index (χ3n) is 7.73. The van der Waals surface area contributed by atoms with E-state index >= 15 is 0 Å². The first-order valence-electron chi connectivity index (χ1n) is 12.7. The zero-order valence-corrected chi connectivity index (χ0v) is 22.4. The smallest absolute Gasteiger partial charge is 0.301 e. The fourth-order valence-electron chi connectivity index (χ4n) is 5.48. The molecule has 2 aromatic carbocycles. The maximum Gasteiger partial charge on any atom is 0.301 e. The van der Waals surface area contributed by atoms with Crippen molar-refractivity contribution in [3.63, 3.8) is 0 Å². The molecule has 0 saturated carbocycles. The Morgan fingerprint density at radius 2 is 1.92 bits per heavy atom. The van der Waals surface area contributed by atoms with Gasteiger partial charge < -0.3 is 19.1 Å². The number of amides is 1. The first-order chi connectivity index (χ1) is 17.7. The molecule has 3 aliphatic heterocycles. The molecule has 3 heterocycles. The van der Waals surface area contributed by atoms with Gasteiger partial charge in [0.2, 0.25) is 0 Å². The lowest BCUT2D eigenvalue weighted by Crippen LogP contribution is -2.36. The van der Waals surface area contributed by atoms with Crippen LogP contribution in [-0.4, -0.2) is 82.2 Å². The van der Waals surface area contributed by atoms with E-state index in [1.54, 1.807) is 36.3 Å². The number of ether oxygens (including phenoxy) is 3. The standard InChI is InChI=1S/C27H35N3O6S/c1-19-7-8-20(2)23(13-19)26(31)29-15-24(34-3)25(16-29)36-22-6-4-5-21(14-22)28-37(32,33)30-11-9-27(17-30)10-12-35-18-27/h4-8,13-14,24-25,28H,9-12,15-18H2,1-3H3. The Morgan fingerprint density at radius 1 is 1.11 bits per heavy atom. The fraction of sp³-hybridized carbons (Fsp3) is 0.519. The van der Waals surface area contributed by atoms with Crippen LogP contribution in [-0.2, 0) is 19.7 Å². The minimum atomic E-state index is -3.70. The quantitative estimate of drug-likeness (QED) is 0.592. The minimum Gasteiger partial charge on any atom is -0.486 e. The van der Waals surface area contributed by atoms with Crippen LogP contribution in [0.1, 0.15) is 34.3 Å². The fourth-order valence-corrected chi connectivity index (χ4v) is 6.81. The van der Waals surface area contributed by atoms with Gasteiger partial charge in [-0.3, -0.25) is 9.52 Å². The highest BCUT2D eigenvalue weighted by Crippen LogP contribution is 2.39. The van der Waals surface area contributed by atoms with Crippen LogP contribution in [0.15, 0.2) is 42.5 Å². The van der Waals surface area contributed by atoms with E-state index in [1.807, 2.05) is 32.0 Å². The number of methoxy groups -OCH3 is 1. The van der Waals surface area contributed by atoms with Gasteiger partial charge in [-0.15, -0.1) is 0 Å². The Balaban J connectivity index is 1.25. The number of hydrogen-bond donors (Lipinski definition) is 1. The first kappa shape index (κ1) is 26.0. The average molecular weight is 530 g/mol. The van der Waals surface area contributed by atoms with Crippen molar-refractivity contribution in [3.05, 3.63) is 59.2 Å². The Bertz CT molecular complexity index is 1260. The molecule has 2 aromatic rings. The van der Waals surface area contributed by atoms with E-state index in [1.165, 1.54) is 4.31 Å². The summed E-state index contributed by atoms with van der Waals surface area (Å²) in [6, 6.07) is 12.8. The molecule has 1 amide bonds. The third kappa shape index (κ3) is 5.47. The molecule has 0 aliphatic carbocycles. The lowest BCUT2D eigenvalue weighted by atomic mass is 9.87. The number of likely N-dealkylation sites (tertiary alicyclic amines) is 1. The summed E-state index contributed by atoms with van der Waals surface area (Å²) < 4.78 is 47.7. The molecule has 200 valence electrons. The number of nitrogens with zero attached hydrogens (tertiary/aromatic N) is 2. The second-order valence-corrected chi connectivity index (χ2v) is 12.2. The Labute approximate surface area is 218 Å². The first-order valence-corrected chi connectivity index (χ1v) is 14.1. The molecule has 1 N–H and O–H groups in total. The van der Waals surface area contributed by atoms with Gasteiger partial charge in [0.25, 0.3) is 5.91 Å². The van der Waals surface area contributed by atoms with Crippen molar-refractivity contribution in [2.75, 3.05) is 51.2 Å². The number of hydrogen-bond acceptors (Lipinski definition) is 6. The van der Waals surface area contributed by atoms with Gasteiger partial charge in [0.05, 0.1) is 25.4 Å². The molecule has 3 fully saturated rings. The molecule has 0 aromatic heterocycles. The molecule has 0 radical (unpaired) electrons. The highest BCUT2D eigenvalue weighted by atomic mass is 32.2. The van der Waals surface area contributed by atoms with Gasteiger partial charge in [-0.2, -0.15) is 12.7 Å². The van der Waals surface area contributed by atoms with Crippen LogP contribution in [0.25, 0.3) is 0 Å². The van der Waals surface area contributed by atoms with Crippen molar-refractivity contribution in [2.45, 2.75) is 38.9 Å². The average Bonchev–Trinajstić information content (AvgIpc) is 3.61. The van der Waals surface area contributed by atoms with E-state index in [0.29, 0.717) is 56.4 Å². The van der Waals surface area contributed by atoms with E-state index in [0.717, 1.165) is 24.0 Å². The number of carbonyl (C=O) groups excluding carboxylic acids is 1. The summed E-state index contributed by atoms with van der Waals surface area (Å²) in [6.07, 6.45) is 1.03. The number of aryl methyl sites for hydroxylation is 2. The minimum absolute atomic E-state index is 0.0492. The molecule has 5 rings (SSSR count). The topological polar surface area (TPSA) is 97.4 Å². The van der Waals surface area contributed by atoms with E-state index in [9.17, 15) is 13.2 Å². The lowest BCUT2D eigenvalue weighted by Gasteiger charge is -2.22. The van der Waals surface area contributed by atoms with Crippen LogP contribution in [0.5, 0.6) is 5.75 Å². The van der Waals surface area contributed by atoms with Crippen molar-refractivity contribution < 1.29 is 27.4 Å². The van der Waals surface area contributed by atoms with Crippen molar-refractivity contribution in [1.82, 2.24) is 9.21 Å². The Hall–Kier alpha value is -2.66. The molecule has 3 saturated heterocycles. The van der Waals surface area contributed by atoms with E-state index in [-0.39, 0.29) is 23.5 Å². The molecule has 3 atom stereocenters. The SMILES string of the molecule is COC1CN(C(=O)c2cc(C)ccc2C)CC1Oc1cccc(NS(=O)(=O)N2CCC3(CCOC3)C2)c1. The van der Waals surface area contributed by atoms with Gasteiger partial charge in [0.1, 0.15) is 18.0 Å². The van der Waals surface area contributed by atoms with Crippen LogP contribution in [0.3, 0.4) is 0 Å². The maximum absolute atomic E-state index is 13.2. The van der Waals surface area contributed by atoms with Gasteiger partial charge in [-0.25, -0.2) is 0 Å². The molecule has 3 unspecified atom stereocenters. The van der Waals surface area contributed by atoms with Crippen molar-refractivity contribution in [1.29, 1.82) is 0 Å². The monoisotopic (exact) mass is 529 g/mol. The largest absolute Gasteiger partial charge is 0.486 e. The van der Waals surface area contributed by atoms with Gasteiger partial charge >= 0.3 is 10.2 Å². The number of nitrogens with one attached hydrogen (secondary N) is 1. The molecular formula is C27H35N3O6S. The van der Waals surface area contributed by atoms with Crippen molar-refractivity contribution in [3.8, 4) is 5.75 Å². The van der Waals surface area contributed by atoms with E-state index in [2.05, 4.69) is 4.72 Å². The van der Waals surface area contributed by atoms with E-state index in [4.69, 9.17) is 14.2 Å². The number of rotatable bonds is 7. The summed E-state index contributed by atoms with van der Waals surface area (Å²) in [6.45, 7) is 6.96. The normalized spacial score (nSPS) is 26.2. The second kappa shape index (κ2) is 10.2. The van der Waals surface area contributed by atoms with Crippen molar-refractivity contribution in [2.24, 2.45) is 5.41 Å². The summed E-state index contributed by atoms with van der Waals surface area (Å²) in [5.74, 6) is 0.460. The van der Waals surface area contributed by atoms with E-state index < -0.39 is 10.2 Å². The van der Waals surface area contributed by atoms with Crippen LogP contribution < -0.4 is 9.46 Å². The predicted octanol–water partition coefficient (Wildman–Crippen LogP) is 2.99. The lowest BCUT2D eigenvalue weighted by molar-refractivity contribution is 0.0340. The van der Waals surface area contributed by atoms with Crippen molar-refractivity contribution >= 4 is 21.8 Å². The third-order valence-corrected chi connectivity index (χ3v) is 9.21. The summed E-state index contributed by atoms with van der Waals surface area (Å²) in [5.41, 5.74) is 3.01. The number of benzene rings is 2. The van der Waals surface area contributed by atoms with Gasteiger partial charge in [0, 0.05) is 43.9 Å². The van der Waals surface area contributed by atoms with Crippen LogP contribution >= 0.6 is 0 Å². The summed E-state index contributed by atoms with van der Waals surface area (Å²) >= 11 is 0. The predicted molar refractivity (Wildman–Crippen MR) is 140 cm³/mol. The summed E-state index contributed by atoms with van der Waals surface area (Å²) in [7, 11) is -2.09. The molecule has 3 aliphatic rings. The molecule has 0 bridgehead atoms. The number of anilines is 1. The maximum atomic E-state index is 13.2. The zero-order valence-electron chi connectivity index (χ0n) is 21.6. The zero-order chi connectivity index (χ0) is 26.2. The summed E-state index contributed by atoms with van der Waals surface area (Å²) in [4.78, 5) is 15.0. The van der Waals surface area contributed by atoms with Crippen LogP contribution in [0.4, 0.5) is 5.69 Å². The number of carbonyl (C=O) groups is 1. The molecular weight excluding hydrogens is 494 g/mol. The van der Waals surface area contributed by atoms with Crippen LogP contribution in [0.2, 0.25) is 0 Å². The Kier molecular flexibility index (Phi) is 7.19. The molecule has 10 heteroatoms. The molecule has 37 heavy (non-hydrogen) atoms. The highest BCUT2D eigenvalue weighted by molar-refractivity contribution is 7.90. The van der Waals surface area contributed by atoms with Gasteiger partial charge in [-0.05, 0) is 50.5 Å². The molecule has 1 spiro atoms.